The molecule has 2 heterocycles. The second-order valence-electron chi connectivity index (χ2n) is 3.18. The van der Waals surface area contributed by atoms with Gasteiger partial charge >= 0.3 is 0 Å². The standard InChI is InChI=1S/C10H11ClN4O/c1-2-3-4-5-16-9-7-8(13-6-12-7)14-10(11)15-9/h2,6H,1,3-5H2,(H,12,13,14,15). The summed E-state index contributed by atoms with van der Waals surface area (Å²) >= 11 is 5.75. The van der Waals surface area contributed by atoms with Crippen molar-refractivity contribution in [3.63, 3.8) is 0 Å². The molecule has 0 saturated carbocycles. The third-order valence-electron chi connectivity index (χ3n) is 2.02. The molecule has 0 aliphatic heterocycles. The van der Waals surface area contributed by atoms with E-state index in [4.69, 9.17) is 16.3 Å². The minimum absolute atomic E-state index is 0.137. The summed E-state index contributed by atoms with van der Waals surface area (Å²) < 4.78 is 5.51. The Balaban J connectivity index is 2.15. The topological polar surface area (TPSA) is 63.7 Å². The van der Waals surface area contributed by atoms with Crippen molar-refractivity contribution in [1.82, 2.24) is 19.9 Å². The van der Waals surface area contributed by atoms with Gasteiger partial charge in [0.25, 0.3) is 0 Å². The Morgan fingerprint density at radius 3 is 3.19 bits per heavy atom. The van der Waals surface area contributed by atoms with Crippen molar-refractivity contribution in [2.75, 3.05) is 6.61 Å². The van der Waals surface area contributed by atoms with Gasteiger partial charge in [-0.1, -0.05) is 6.08 Å². The van der Waals surface area contributed by atoms with E-state index in [1.165, 1.54) is 6.33 Å². The molecular weight excluding hydrogens is 228 g/mol. The summed E-state index contributed by atoms with van der Waals surface area (Å²) in [5, 5.41) is 0.137. The predicted molar refractivity (Wildman–Crippen MR) is 61.6 cm³/mol. The van der Waals surface area contributed by atoms with Gasteiger partial charge in [-0.25, -0.2) is 4.98 Å². The molecule has 0 atom stereocenters. The molecule has 0 radical (unpaired) electrons. The first-order chi connectivity index (χ1) is 7.81. The van der Waals surface area contributed by atoms with Gasteiger partial charge in [0.2, 0.25) is 11.2 Å². The molecule has 2 rings (SSSR count). The molecule has 0 amide bonds. The Morgan fingerprint density at radius 1 is 1.50 bits per heavy atom. The van der Waals surface area contributed by atoms with E-state index in [0.29, 0.717) is 23.7 Å². The van der Waals surface area contributed by atoms with Gasteiger partial charge in [0.05, 0.1) is 12.9 Å². The lowest BCUT2D eigenvalue weighted by Crippen LogP contribution is -2.00. The third kappa shape index (κ3) is 2.30. The van der Waals surface area contributed by atoms with Gasteiger partial charge in [-0.3, -0.25) is 0 Å². The van der Waals surface area contributed by atoms with E-state index >= 15 is 0 Å². The Kier molecular flexibility index (Phi) is 3.36. The van der Waals surface area contributed by atoms with Crippen molar-refractivity contribution in [2.24, 2.45) is 0 Å². The number of rotatable bonds is 5. The number of H-pyrrole nitrogens is 1. The highest BCUT2D eigenvalue weighted by Crippen LogP contribution is 2.20. The lowest BCUT2D eigenvalue weighted by molar-refractivity contribution is 0.303. The summed E-state index contributed by atoms with van der Waals surface area (Å²) in [6.45, 7) is 4.21. The number of ether oxygens (including phenoxy) is 1. The van der Waals surface area contributed by atoms with Gasteiger partial charge in [-0.05, 0) is 24.4 Å². The molecule has 5 nitrogen and oxygen atoms in total. The molecule has 0 unspecified atom stereocenters. The van der Waals surface area contributed by atoms with Crippen molar-refractivity contribution in [2.45, 2.75) is 12.8 Å². The Bertz CT molecular complexity index is 497. The van der Waals surface area contributed by atoms with E-state index in [-0.39, 0.29) is 5.28 Å². The zero-order chi connectivity index (χ0) is 11.4. The fraction of sp³-hybridized carbons (Fsp3) is 0.300. The maximum absolute atomic E-state index is 5.75. The molecular formula is C10H11ClN4O. The van der Waals surface area contributed by atoms with Crippen LogP contribution in [-0.2, 0) is 0 Å². The predicted octanol–water partition coefficient (Wildman–Crippen LogP) is 2.35. The maximum Gasteiger partial charge on any atom is 0.244 e. The van der Waals surface area contributed by atoms with Gasteiger partial charge in [0, 0.05) is 0 Å². The van der Waals surface area contributed by atoms with Crippen LogP contribution in [-0.4, -0.2) is 26.5 Å². The van der Waals surface area contributed by atoms with Gasteiger partial charge in [-0.2, -0.15) is 9.97 Å². The number of nitrogens with zero attached hydrogens (tertiary/aromatic N) is 3. The van der Waals surface area contributed by atoms with Crippen LogP contribution in [0.4, 0.5) is 0 Å². The fourth-order valence-corrected chi connectivity index (χ4v) is 1.44. The monoisotopic (exact) mass is 238 g/mol. The highest BCUT2D eigenvalue weighted by atomic mass is 35.5. The number of imidazole rings is 1. The van der Waals surface area contributed by atoms with Crippen molar-refractivity contribution >= 4 is 22.8 Å². The van der Waals surface area contributed by atoms with Crippen LogP contribution in [0.15, 0.2) is 19.0 Å². The normalized spacial score (nSPS) is 10.6. The first kappa shape index (κ1) is 10.9. The average molecular weight is 239 g/mol. The number of nitrogens with one attached hydrogen (secondary N) is 1. The summed E-state index contributed by atoms with van der Waals surface area (Å²) in [5.74, 6) is 0.441. The van der Waals surface area contributed by atoms with Gasteiger partial charge in [-0.15, -0.1) is 6.58 Å². The average Bonchev–Trinajstić information content (AvgIpc) is 2.72. The minimum atomic E-state index is 0.137. The summed E-state index contributed by atoms with van der Waals surface area (Å²) in [5.41, 5.74) is 1.18. The van der Waals surface area contributed by atoms with E-state index in [9.17, 15) is 0 Å². The number of hydrogen-bond donors (Lipinski definition) is 1. The smallest absolute Gasteiger partial charge is 0.244 e. The largest absolute Gasteiger partial charge is 0.476 e. The summed E-state index contributed by atoms with van der Waals surface area (Å²) in [6.07, 6.45) is 5.18. The summed E-state index contributed by atoms with van der Waals surface area (Å²) in [6, 6.07) is 0. The number of fused-ring (bicyclic) bond motifs is 1. The SMILES string of the molecule is C=CCCCOc1nc(Cl)nc2nc[nH]c12. The van der Waals surface area contributed by atoms with Crippen molar-refractivity contribution in [1.29, 1.82) is 0 Å². The van der Waals surface area contributed by atoms with Crippen LogP contribution >= 0.6 is 11.6 Å². The second kappa shape index (κ2) is 4.94. The molecule has 0 saturated heterocycles. The Morgan fingerprint density at radius 2 is 2.38 bits per heavy atom. The lowest BCUT2D eigenvalue weighted by Gasteiger charge is -2.04. The minimum Gasteiger partial charge on any atom is -0.476 e. The highest BCUT2D eigenvalue weighted by molar-refractivity contribution is 6.28. The van der Waals surface area contributed by atoms with E-state index in [1.807, 2.05) is 6.08 Å². The third-order valence-corrected chi connectivity index (χ3v) is 2.19. The molecule has 0 aromatic carbocycles. The molecule has 0 aliphatic rings. The second-order valence-corrected chi connectivity index (χ2v) is 3.52. The molecule has 0 fully saturated rings. The first-order valence-electron chi connectivity index (χ1n) is 4.91. The zero-order valence-electron chi connectivity index (χ0n) is 8.61. The van der Waals surface area contributed by atoms with Gasteiger partial charge in [0.15, 0.2) is 5.65 Å². The van der Waals surface area contributed by atoms with Crippen LogP contribution in [0.3, 0.4) is 0 Å². The molecule has 84 valence electrons. The zero-order valence-corrected chi connectivity index (χ0v) is 9.37. The summed E-state index contributed by atoms with van der Waals surface area (Å²) in [7, 11) is 0. The molecule has 16 heavy (non-hydrogen) atoms. The van der Waals surface area contributed by atoms with E-state index in [0.717, 1.165) is 12.8 Å². The van der Waals surface area contributed by atoms with Crippen molar-refractivity contribution in [3.8, 4) is 5.88 Å². The first-order valence-corrected chi connectivity index (χ1v) is 5.29. The van der Waals surface area contributed by atoms with Crippen LogP contribution in [0.1, 0.15) is 12.8 Å². The van der Waals surface area contributed by atoms with E-state index in [2.05, 4.69) is 26.5 Å². The Hall–Kier alpha value is -1.62. The number of unbranched alkanes of at least 4 members (excludes halogenated alkanes) is 1. The number of aromatic amines is 1. The van der Waals surface area contributed by atoms with Crippen LogP contribution in [0, 0.1) is 0 Å². The Labute approximate surface area is 97.5 Å². The van der Waals surface area contributed by atoms with E-state index in [1.54, 1.807) is 0 Å². The van der Waals surface area contributed by atoms with Crippen LogP contribution < -0.4 is 4.74 Å². The molecule has 6 heteroatoms. The quantitative estimate of drug-likeness (QED) is 0.493. The number of aromatic nitrogens is 4. The molecule has 2 aromatic heterocycles. The maximum atomic E-state index is 5.75. The molecule has 0 bridgehead atoms. The van der Waals surface area contributed by atoms with Crippen molar-refractivity contribution in [3.05, 3.63) is 24.3 Å². The van der Waals surface area contributed by atoms with E-state index < -0.39 is 0 Å². The van der Waals surface area contributed by atoms with Gasteiger partial charge < -0.3 is 9.72 Å². The van der Waals surface area contributed by atoms with Gasteiger partial charge in [0.1, 0.15) is 5.52 Å². The van der Waals surface area contributed by atoms with Crippen LogP contribution in [0.5, 0.6) is 5.88 Å². The molecule has 0 aliphatic carbocycles. The highest BCUT2D eigenvalue weighted by Gasteiger charge is 2.09. The molecule has 2 aromatic rings. The number of hydrogen-bond acceptors (Lipinski definition) is 4. The van der Waals surface area contributed by atoms with Crippen LogP contribution in [0.2, 0.25) is 5.28 Å². The van der Waals surface area contributed by atoms with Crippen LogP contribution in [0.25, 0.3) is 11.2 Å². The lowest BCUT2D eigenvalue weighted by atomic mass is 10.3. The molecule has 1 N–H and O–H groups in total. The number of halogens is 1. The van der Waals surface area contributed by atoms with Crippen molar-refractivity contribution < 1.29 is 4.74 Å². The molecule has 0 spiro atoms. The summed E-state index contributed by atoms with van der Waals surface area (Å²) in [4.78, 5) is 14.9. The number of allylic oxidation sites excluding steroid dienone is 1. The fourth-order valence-electron chi connectivity index (χ4n) is 1.28.